The van der Waals surface area contributed by atoms with Gasteiger partial charge in [-0.25, -0.2) is 0 Å². The van der Waals surface area contributed by atoms with E-state index in [9.17, 15) is 4.79 Å². The average molecular weight is 449 g/mol. The number of anilines is 3. The topological polar surface area (TPSA) is 136 Å². The minimum Gasteiger partial charge on any atom is -0.368 e. The van der Waals surface area contributed by atoms with E-state index in [1.54, 1.807) is 0 Å². The Morgan fingerprint density at radius 1 is 1.03 bits per heavy atom. The highest BCUT2D eigenvalue weighted by molar-refractivity contribution is 5.76. The molecule has 172 valence electrons. The third-order valence-corrected chi connectivity index (χ3v) is 6.34. The first kappa shape index (κ1) is 21.3. The average Bonchev–Trinajstić information content (AvgIpc) is 3.50. The Labute approximate surface area is 192 Å². The van der Waals surface area contributed by atoms with Crippen LogP contribution in [-0.4, -0.2) is 44.1 Å². The maximum atomic E-state index is 12.1. The number of benzene rings is 1. The van der Waals surface area contributed by atoms with E-state index in [0.717, 1.165) is 31.4 Å². The zero-order valence-corrected chi connectivity index (χ0v) is 18.6. The number of nitrogens with one attached hydrogen (secondary N) is 1. The van der Waals surface area contributed by atoms with Crippen LogP contribution in [0.5, 0.6) is 0 Å². The van der Waals surface area contributed by atoms with Crippen LogP contribution in [0.2, 0.25) is 0 Å². The number of aromatic nitrogens is 5. The van der Waals surface area contributed by atoms with Crippen molar-refractivity contribution in [2.24, 2.45) is 5.92 Å². The van der Waals surface area contributed by atoms with Crippen molar-refractivity contribution in [3.05, 3.63) is 36.2 Å². The molecule has 2 heterocycles. The van der Waals surface area contributed by atoms with Gasteiger partial charge in [0.25, 0.3) is 0 Å². The molecule has 1 aromatic carbocycles. The highest BCUT2D eigenvalue weighted by Gasteiger charge is 2.30. The summed E-state index contributed by atoms with van der Waals surface area (Å²) < 4.78 is 5.56. The molecule has 33 heavy (non-hydrogen) atoms. The lowest BCUT2D eigenvalue weighted by molar-refractivity contribution is -0.122. The summed E-state index contributed by atoms with van der Waals surface area (Å²) in [5.74, 6) is 2.58. The number of hydrogen-bond donors (Lipinski definition) is 2. The summed E-state index contributed by atoms with van der Waals surface area (Å²) in [5.41, 5.74) is 6.86. The Morgan fingerprint density at radius 2 is 1.79 bits per heavy atom. The Bertz CT molecular complexity index is 1110. The molecule has 0 radical (unpaired) electrons. The molecule has 5 rings (SSSR count). The van der Waals surface area contributed by atoms with E-state index in [2.05, 4.69) is 30.4 Å². The number of nitrogens with two attached hydrogens (primary N) is 1. The fourth-order valence-electron chi connectivity index (χ4n) is 4.25. The summed E-state index contributed by atoms with van der Waals surface area (Å²) in [7, 11) is 1.86. The second kappa shape index (κ2) is 9.13. The van der Waals surface area contributed by atoms with Crippen LogP contribution in [0.1, 0.15) is 56.8 Å². The van der Waals surface area contributed by atoms with Gasteiger partial charge in [0.15, 0.2) is 0 Å². The molecular formula is C23H28N8O2. The summed E-state index contributed by atoms with van der Waals surface area (Å²) in [5, 5.41) is 7.28. The summed E-state index contributed by atoms with van der Waals surface area (Å²) in [6.07, 6.45) is 6.64. The first-order valence-electron chi connectivity index (χ1n) is 11.5. The van der Waals surface area contributed by atoms with Crippen molar-refractivity contribution in [2.75, 3.05) is 17.7 Å². The number of nitrogen functional groups attached to an aromatic ring is 1. The van der Waals surface area contributed by atoms with Crippen molar-refractivity contribution in [3.63, 3.8) is 0 Å². The third-order valence-electron chi connectivity index (χ3n) is 6.34. The summed E-state index contributed by atoms with van der Waals surface area (Å²) in [6.45, 7) is 0. The van der Waals surface area contributed by atoms with Crippen molar-refractivity contribution in [3.8, 4) is 11.6 Å². The van der Waals surface area contributed by atoms with E-state index in [1.807, 2.05) is 42.3 Å². The molecule has 10 nitrogen and oxygen atoms in total. The number of carbonyl (C=O) groups excluding carboxylic acids is 1. The lowest BCUT2D eigenvalue weighted by atomic mass is 9.86. The van der Waals surface area contributed by atoms with Crippen molar-refractivity contribution in [1.29, 1.82) is 0 Å². The molecule has 2 aliphatic rings. The second-order valence-corrected chi connectivity index (χ2v) is 8.93. The number of rotatable bonds is 7. The quantitative estimate of drug-likeness (QED) is 0.558. The third kappa shape index (κ3) is 5.10. The van der Waals surface area contributed by atoms with Crippen LogP contribution in [0.15, 0.2) is 34.9 Å². The highest BCUT2D eigenvalue weighted by atomic mass is 16.5. The van der Waals surface area contributed by atoms with Gasteiger partial charge in [0, 0.05) is 31.1 Å². The molecule has 0 spiro atoms. The largest absolute Gasteiger partial charge is 0.368 e. The molecule has 1 amide bonds. The van der Waals surface area contributed by atoms with Gasteiger partial charge in [0.05, 0.1) is 0 Å². The van der Waals surface area contributed by atoms with Crippen LogP contribution in [-0.2, 0) is 4.79 Å². The predicted molar refractivity (Wildman–Crippen MR) is 123 cm³/mol. The number of nitrogens with zero attached hydrogens (tertiary/aromatic N) is 6. The number of carbonyl (C=O) groups is 1. The van der Waals surface area contributed by atoms with Gasteiger partial charge in [0.1, 0.15) is 0 Å². The van der Waals surface area contributed by atoms with E-state index < -0.39 is 0 Å². The van der Waals surface area contributed by atoms with Gasteiger partial charge in [-0.2, -0.15) is 19.9 Å². The van der Waals surface area contributed by atoms with E-state index in [0.29, 0.717) is 30.0 Å². The van der Waals surface area contributed by atoms with E-state index in [-0.39, 0.29) is 29.6 Å². The predicted octanol–water partition coefficient (Wildman–Crippen LogP) is 3.21. The molecule has 0 atom stereocenters. The molecule has 0 unspecified atom stereocenters. The van der Waals surface area contributed by atoms with Gasteiger partial charge < -0.3 is 20.5 Å². The zero-order chi connectivity index (χ0) is 22.8. The molecule has 2 aliphatic carbocycles. The minimum atomic E-state index is 0.0894. The van der Waals surface area contributed by atoms with Gasteiger partial charge in [-0.3, -0.25) is 4.79 Å². The van der Waals surface area contributed by atoms with E-state index in [4.69, 9.17) is 10.3 Å². The Kier molecular flexibility index (Phi) is 5.89. The fourth-order valence-corrected chi connectivity index (χ4v) is 4.25. The monoisotopic (exact) mass is 448 g/mol. The molecule has 0 bridgehead atoms. The Balaban J connectivity index is 1.24. The summed E-state index contributed by atoms with van der Waals surface area (Å²) in [6, 6.07) is 9.97. The number of amides is 1. The fraction of sp³-hybridized carbons (Fsp3) is 0.478. The van der Waals surface area contributed by atoms with Crippen molar-refractivity contribution >= 4 is 23.5 Å². The Hall–Kier alpha value is -3.56. The lowest BCUT2D eigenvalue weighted by Gasteiger charge is -2.27. The van der Waals surface area contributed by atoms with Crippen LogP contribution in [0.25, 0.3) is 11.6 Å². The van der Waals surface area contributed by atoms with E-state index >= 15 is 0 Å². The molecule has 10 heteroatoms. The molecule has 2 fully saturated rings. The summed E-state index contributed by atoms with van der Waals surface area (Å²) >= 11 is 0. The van der Waals surface area contributed by atoms with Crippen molar-refractivity contribution < 1.29 is 9.32 Å². The highest BCUT2D eigenvalue weighted by Crippen LogP contribution is 2.34. The lowest BCUT2D eigenvalue weighted by Crippen LogP contribution is -2.37. The van der Waals surface area contributed by atoms with Gasteiger partial charge in [-0.1, -0.05) is 23.4 Å². The van der Waals surface area contributed by atoms with Crippen molar-refractivity contribution in [1.82, 2.24) is 30.4 Å². The zero-order valence-electron chi connectivity index (χ0n) is 18.6. The minimum absolute atomic E-state index is 0.0894. The maximum Gasteiger partial charge on any atom is 0.240 e. The molecule has 3 N–H and O–H groups in total. The summed E-state index contributed by atoms with van der Waals surface area (Å²) in [4.78, 5) is 31.4. The van der Waals surface area contributed by atoms with Gasteiger partial charge >= 0.3 is 0 Å². The number of hydrogen-bond acceptors (Lipinski definition) is 9. The smallest absolute Gasteiger partial charge is 0.240 e. The SMILES string of the molecule is CN(c1ccccc1)c1nc(N)nc(-c2noc(C3CCC(NC(=O)CC4CC4)CC3)n2)n1. The van der Waals surface area contributed by atoms with Gasteiger partial charge in [-0.15, -0.1) is 0 Å². The molecule has 3 aromatic rings. The standard InChI is InChI=1S/C23H28N8O2/c1-31(17-5-3-2-4-6-17)23-28-19(27-22(24)29-23)20-26-21(33-30-20)15-9-11-16(12-10-15)25-18(32)13-14-7-8-14/h2-6,14-16H,7-13H2,1H3,(H,25,32)(H2,24,27,28,29). The Morgan fingerprint density at radius 3 is 2.52 bits per heavy atom. The first-order chi connectivity index (χ1) is 16.0. The number of para-hydroxylation sites is 1. The second-order valence-electron chi connectivity index (χ2n) is 8.93. The van der Waals surface area contributed by atoms with Crippen LogP contribution in [0.4, 0.5) is 17.6 Å². The van der Waals surface area contributed by atoms with Gasteiger partial charge in [-0.05, 0) is 56.6 Å². The van der Waals surface area contributed by atoms with Crippen LogP contribution < -0.4 is 16.0 Å². The molecule has 0 aliphatic heterocycles. The first-order valence-corrected chi connectivity index (χ1v) is 11.5. The molecule has 0 saturated heterocycles. The van der Waals surface area contributed by atoms with Crippen LogP contribution in [0.3, 0.4) is 0 Å². The van der Waals surface area contributed by atoms with Gasteiger partial charge in [0.2, 0.25) is 35.3 Å². The molecule has 2 saturated carbocycles. The van der Waals surface area contributed by atoms with Crippen LogP contribution >= 0.6 is 0 Å². The normalized spacial score (nSPS) is 20.4. The molecule has 2 aromatic heterocycles. The van der Waals surface area contributed by atoms with E-state index in [1.165, 1.54) is 12.8 Å². The maximum absolute atomic E-state index is 12.1. The molecular weight excluding hydrogens is 420 g/mol. The van der Waals surface area contributed by atoms with Crippen molar-refractivity contribution in [2.45, 2.75) is 56.9 Å². The van der Waals surface area contributed by atoms with Crippen LogP contribution in [0, 0.1) is 5.92 Å².